The number of rotatable bonds is 4. The van der Waals surface area contributed by atoms with Crippen molar-refractivity contribution < 1.29 is 19.1 Å². The lowest BCUT2D eigenvalue weighted by molar-refractivity contribution is -0.123. The molecular formula is C22H23N3O4. The molecule has 4 rings (SSSR count). The number of hydrogen-bond acceptors (Lipinski definition) is 5. The molecule has 29 heavy (non-hydrogen) atoms. The van der Waals surface area contributed by atoms with Gasteiger partial charge in [0.2, 0.25) is 0 Å². The Labute approximate surface area is 169 Å². The number of aromatic nitrogens is 1. The summed E-state index contributed by atoms with van der Waals surface area (Å²) in [5.41, 5.74) is 1.66. The number of carbonyl (C=O) groups is 3. The van der Waals surface area contributed by atoms with Crippen molar-refractivity contribution >= 4 is 23.3 Å². The normalized spacial score (nSPS) is 19.1. The third kappa shape index (κ3) is 3.85. The minimum absolute atomic E-state index is 0.0353. The molecule has 0 bridgehead atoms. The summed E-state index contributed by atoms with van der Waals surface area (Å²) in [6, 6.07) is 8.67. The lowest BCUT2D eigenvalue weighted by Crippen LogP contribution is -2.40. The molecule has 7 heteroatoms. The van der Waals surface area contributed by atoms with Crippen molar-refractivity contribution in [3.05, 3.63) is 53.9 Å². The molecule has 1 N–H and O–H groups in total. The molecule has 0 unspecified atom stereocenters. The number of ether oxygens (including phenoxy) is 1. The summed E-state index contributed by atoms with van der Waals surface area (Å²) < 4.78 is 5.68. The first-order chi connectivity index (χ1) is 14.1. The van der Waals surface area contributed by atoms with Crippen LogP contribution in [0.1, 0.15) is 46.9 Å². The fraction of sp³-hybridized carbons (Fsp3) is 0.364. The minimum atomic E-state index is -0.495. The molecule has 1 aromatic heterocycles. The van der Waals surface area contributed by atoms with Crippen LogP contribution in [-0.4, -0.2) is 46.7 Å². The van der Waals surface area contributed by atoms with E-state index >= 15 is 0 Å². The largest absolute Gasteiger partial charge is 0.478 e. The highest BCUT2D eigenvalue weighted by Gasteiger charge is 2.30. The Morgan fingerprint density at radius 1 is 1.21 bits per heavy atom. The SMILES string of the molecule is CC[C@@H]1Oc2ccc(C(=O)C3CCN(C(=O)c4cccnc4)CC3)cc2NC1=O. The molecule has 1 aromatic carbocycles. The van der Waals surface area contributed by atoms with Crippen molar-refractivity contribution in [2.24, 2.45) is 5.92 Å². The monoisotopic (exact) mass is 393 g/mol. The topological polar surface area (TPSA) is 88.6 Å². The average Bonchev–Trinajstić information content (AvgIpc) is 2.78. The van der Waals surface area contributed by atoms with Gasteiger partial charge in [-0.3, -0.25) is 19.4 Å². The molecule has 2 aliphatic rings. The number of Topliss-reactive ketones (excluding diaryl/α,β-unsaturated/α-hetero) is 1. The second kappa shape index (κ2) is 8.03. The lowest BCUT2D eigenvalue weighted by atomic mass is 9.88. The van der Waals surface area contributed by atoms with Gasteiger partial charge in [0.1, 0.15) is 5.75 Å². The van der Waals surface area contributed by atoms with Gasteiger partial charge in [-0.05, 0) is 49.6 Å². The summed E-state index contributed by atoms with van der Waals surface area (Å²) in [7, 11) is 0. The smallest absolute Gasteiger partial charge is 0.265 e. The van der Waals surface area contributed by atoms with Crippen LogP contribution in [-0.2, 0) is 4.79 Å². The first-order valence-corrected chi connectivity index (χ1v) is 9.92. The number of hydrogen-bond donors (Lipinski definition) is 1. The van der Waals surface area contributed by atoms with Crippen LogP contribution >= 0.6 is 0 Å². The number of benzene rings is 1. The first kappa shape index (κ1) is 19.1. The second-order valence-electron chi connectivity index (χ2n) is 7.39. The van der Waals surface area contributed by atoms with Gasteiger partial charge in [-0.15, -0.1) is 0 Å². The summed E-state index contributed by atoms with van der Waals surface area (Å²) in [5, 5.41) is 2.82. The Hall–Kier alpha value is -3.22. The predicted molar refractivity (Wildman–Crippen MR) is 107 cm³/mol. The molecular weight excluding hydrogens is 370 g/mol. The maximum atomic E-state index is 13.0. The number of amides is 2. The van der Waals surface area contributed by atoms with Crippen LogP contribution in [0, 0.1) is 5.92 Å². The van der Waals surface area contributed by atoms with Crippen LogP contribution in [0.5, 0.6) is 5.75 Å². The molecule has 2 amide bonds. The van der Waals surface area contributed by atoms with E-state index < -0.39 is 6.10 Å². The van der Waals surface area contributed by atoms with Gasteiger partial charge in [-0.25, -0.2) is 0 Å². The number of carbonyl (C=O) groups excluding carboxylic acids is 3. The van der Waals surface area contributed by atoms with Gasteiger partial charge in [0.25, 0.3) is 11.8 Å². The fourth-order valence-corrected chi connectivity index (χ4v) is 3.82. The van der Waals surface area contributed by atoms with Gasteiger partial charge in [0.05, 0.1) is 11.3 Å². The Kier molecular flexibility index (Phi) is 5.29. The van der Waals surface area contributed by atoms with Crippen LogP contribution in [0.3, 0.4) is 0 Å². The van der Waals surface area contributed by atoms with Gasteiger partial charge in [0.15, 0.2) is 11.9 Å². The number of likely N-dealkylation sites (tertiary alicyclic amines) is 1. The molecule has 1 fully saturated rings. The lowest BCUT2D eigenvalue weighted by Gasteiger charge is -2.31. The third-order valence-electron chi connectivity index (χ3n) is 5.52. The van der Waals surface area contributed by atoms with Crippen LogP contribution in [0.4, 0.5) is 5.69 Å². The predicted octanol–water partition coefficient (Wildman–Crippen LogP) is 2.93. The van der Waals surface area contributed by atoms with Crippen LogP contribution in [0.2, 0.25) is 0 Å². The summed E-state index contributed by atoms with van der Waals surface area (Å²) in [6.07, 6.45) is 4.52. The van der Waals surface area contributed by atoms with E-state index in [4.69, 9.17) is 4.74 Å². The van der Waals surface area contributed by atoms with Crippen LogP contribution in [0.15, 0.2) is 42.7 Å². The number of piperidine rings is 1. The zero-order valence-corrected chi connectivity index (χ0v) is 16.3. The first-order valence-electron chi connectivity index (χ1n) is 9.92. The van der Waals surface area contributed by atoms with Crippen molar-refractivity contribution in [2.45, 2.75) is 32.3 Å². The number of ketones is 1. The maximum Gasteiger partial charge on any atom is 0.265 e. The second-order valence-corrected chi connectivity index (χ2v) is 7.39. The number of pyridine rings is 1. The van der Waals surface area contributed by atoms with E-state index in [1.807, 2.05) is 6.92 Å². The summed E-state index contributed by atoms with van der Waals surface area (Å²) >= 11 is 0. The summed E-state index contributed by atoms with van der Waals surface area (Å²) in [6.45, 7) is 2.96. The third-order valence-corrected chi connectivity index (χ3v) is 5.52. The standard InChI is InChI=1S/C22H23N3O4/c1-2-18-21(27)24-17-12-15(5-6-19(17)29-18)20(26)14-7-10-25(11-8-14)22(28)16-4-3-9-23-13-16/h3-6,9,12-14,18H,2,7-8,10-11H2,1H3,(H,24,27)/t18-/m0/s1. The molecule has 0 saturated carbocycles. The van der Waals surface area contributed by atoms with Crippen molar-refractivity contribution in [1.29, 1.82) is 0 Å². The number of anilines is 1. The molecule has 1 saturated heterocycles. The molecule has 7 nitrogen and oxygen atoms in total. The van der Waals surface area contributed by atoms with Gasteiger partial charge in [0, 0.05) is 37.0 Å². The molecule has 2 aliphatic heterocycles. The minimum Gasteiger partial charge on any atom is -0.478 e. The van der Waals surface area contributed by atoms with E-state index in [0.29, 0.717) is 54.9 Å². The molecule has 2 aromatic rings. The van der Waals surface area contributed by atoms with Crippen LogP contribution < -0.4 is 10.1 Å². The van der Waals surface area contributed by atoms with Crippen molar-refractivity contribution in [1.82, 2.24) is 9.88 Å². The van der Waals surface area contributed by atoms with E-state index in [1.165, 1.54) is 0 Å². The van der Waals surface area contributed by atoms with E-state index in [1.54, 1.807) is 47.6 Å². The maximum absolute atomic E-state index is 13.0. The van der Waals surface area contributed by atoms with Gasteiger partial charge in [-0.2, -0.15) is 0 Å². The quantitative estimate of drug-likeness (QED) is 0.807. The number of nitrogens with zero attached hydrogens (tertiary/aromatic N) is 2. The van der Waals surface area contributed by atoms with Gasteiger partial charge < -0.3 is 15.0 Å². The highest BCUT2D eigenvalue weighted by atomic mass is 16.5. The molecule has 0 radical (unpaired) electrons. The molecule has 1 atom stereocenters. The zero-order valence-electron chi connectivity index (χ0n) is 16.3. The highest BCUT2D eigenvalue weighted by molar-refractivity contribution is 6.02. The molecule has 3 heterocycles. The number of fused-ring (bicyclic) bond motifs is 1. The number of nitrogens with one attached hydrogen (secondary N) is 1. The summed E-state index contributed by atoms with van der Waals surface area (Å²) in [4.78, 5) is 43.3. The van der Waals surface area contributed by atoms with Gasteiger partial charge >= 0.3 is 0 Å². The summed E-state index contributed by atoms with van der Waals surface area (Å²) in [5.74, 6) is 0.238. The van der Waals surface area contributed by atoms with Crippen molar-refractivity contribution in [3.63, 3.8) is 0 Å². The Morgan fingerprint density at radius 3 is 2.69 bits per heavy atom. The van der Waals surface area contributed by atoms with E-state index in [9.17, 15) is 14.4 Å². The molecule has 0 aliphatic carbocycles. The van der Waals surface area contributed by atoms with Crippen molar-refractivity contribution in [3.8, 4) is 5.75 Å². The highest BCUT2D eigenvalue weighted by Crippen LogP contribution is 2.33. The zero-order chi connectivity index (χ0) is 20.4. The van der Waals surface area contributed by atoms with E-state index in [0.717, 1.165) is 0 Å². The van der Waals surface area contributed by atoms with Crippen molar-refractivity contribution in [2.75, 3.05) is 18.4 Å². The molecule has 0 spiro atoms. The molecule has 150 valence electrons. The Balaban J connectivity index is 1.41. The fourth-order valence-electron chi connectivity index (χ4n) is 3.82. The van der Waals surface area contributed by atoms with E-state index in [2.05, 4.69) is 10.3 Å². The Morgan fingerprint density at radius 2 is 2.00 bits per heavy atom. The average molecular weight is 393 g/mol. The van der Waals surface area contributed by atoms with E-state index in [-0.39, 0.29) is 23.5 Å². The van der Waals surface area contributed by atoms with Gasteiger partial charge in [-0.1, -0.05) is 6.92 Å². The van der Waals surface area contributed by atoms with Crippen LogP contribution in [0.25, 0.3) is 0 Å². The Bertz CT molecular complexity index is 936.